The zero-order chi connectivity index (χ0) is 16.1. The van der Waals surface area contributed by atoms with E-state index in [0.717, 1.165) is 11.3 Å². The lowest BCUT2D eigenvalue weighted by Gasteiger charge is -2.01. The maximum atomic E-state index is 11.8. The van der Waals surface area contributed by atoms with Crippen molar-refractivity contribution >= 4 is 5.97 Å². The molecule has 2 aromatic heterocycles. The zero-order valence-corrected chi connectivity index (χ0v) is 12.4. The number of rotatable bonds is 5. The Hall–Kier alpha value is -3.15. The number of methoxy groups -OCH3 is 1. The number of esters is 1. The highest BCUT2D eigenvalue weighted by molar-refractivity contribution is 5.89. The second-order valence-corrected chi connectivity index (χ2v) is 4.72. The van der Waals surface area contributed by atoms with Gasteiger partial charge in [-0.25, -0.2) is 4.79 Å². The van der Waals surface area contributed by atoms with Crippen molar-refractivity contribution in [3.63, 3.8) is 0 Å². The normalized spacial score (nSPS) is 10.3. The number of hydrogen-bond acceptors (Lipinski definition) is 6. The van der Waals surface area contributed by atoms with Crippen molar-refractivity contribution in [2.75, 3.05) is 7.11 Å². The largest absolute Gasteiger partial charge is 0.497 e. The first-order valence-corrected chi connectivity index (χ1v) is 6.93. The molecule has 6 heteroatoms. The number of pyridine rings is 1. The maximum absolute atomic E-state index is 11.8. The lowest BCUT2D eigenvalue weighted by Crippen LogP contribution is -2.05. The predicted molar refractivity (Wildman–Crippen MR) is 81.8 cm³/mol. The molecule has 0 fully saturated rings. The van der Waals surface area contributed by atoms with Crippen molar-refractivity contribution < 1.29 is 18.8 Å². The number of ether oxygens (including phenoxy) is 2. The molecule has 0 bridgehead atoms. The number of aromatic nitrogens is 2. The summed E-state index contributed by atoms with van der Waals surface area (Å²) in [4.78, 5) is 15.7. The average Bonchev–Trinajstić information content (AvgIpc) is 3.09. The summed E-state index contributed by atoms with van der Waals surface area (Å²) in [6, 6.07) is 12.3. The number of nitrogens with zero attached hydrogens (tertiary/aromatic N) is 2. The molecule has 0 atom stereocenters. The van der Waals surface area contributed by atoms with E-state index in [2.05, 4.69) is 10.1 Å². The van der Waals surface area contributed by atoms with E-state index in [1.807, 2.05) is 24.3 Å². The third-order valence-electron chi connectivity index (χ3n) is 3.20. The molecule has 0 spiro atoms. The Labute approximate surface area is 132 Å². The van der Waals surface area contributed by atoms with Gasteiger partial charge in [-0.1, -0.05) is 5.16 Å². The summed E-state index contributed by atoms with van der Waals surface area (Å²) in [5.41, 5.74) is 1.85. The van der Waals surface area contributed by atoms with E-state index in [4.69, 9.17) is 14.0 Å². The van der Waals surface area contributed by atoms with Crippen molar-refractivity contribution in [1.82, 2.24) is 10.1 Å². The van der Waals surface area contributed by atoms with Crippen LogP contribution >= 0.6 is 0 Å². The molecular formula is C17H14N2O4. The highest BCUT2D eigenvalue weighted by atomic mass is 16.5. The van der Waals surface area contributed by atoms with Crippen LogP contribution in [-0.2, 0) is 11.3 Å². The minimum atomic E-state index is -0.429. The predicted octanol–water partition coefficient (Wildman–Crippen LogP) is 3.10. The molecule has 0 N–H and O–H groups in total. The Kier molecular flexibility index (Phi) is 4.33. The first-order valence-electron chi connectivity index (χ1n) is 6.93. The van der Waals surface area contributed by atoms with Crippen LogP contribution in [0.3, 0.4) is 0 Å². The summed E-state index contributed by atoms with van der Waals surface area (Å²) in [6.45, 7) is 0.0425. The van der Waals surface area contributed by atoms with Gasteiger partial charge < -0.3 is 14.0 Å². The minimum Gasteiger partial charge on any atom is -0.497 e. The fraction of sp³-hybridized carbons (Fsp3) is 0.118. The van der Waals surface area contributed by atoms with Gasteiger partial charge in [-0.15, -0.1) is 0 Å². The molecule has 0 amide bonds. The van der Waals surface area contributed by atoms with Gasteiger partial charge in [0.05, 0.1) is 12.7 Å². The van der Waals surface area contributed by atoms with Gasteiger partial charge in [0.2, 0.25) is 0 Å². The standard InChI is InChI=1S/C17H14N2O4/c1-21-15-4-2-12(3-5-15)16-10-14(19-23-16)11-22-17(20)13-6-8-18-9-7-13/h2-10H,11H2,1H3. The molecule has 1 aromatic carbocycles. The molecular weight excluding hydrogens is 296 g/mol. The topological polar surface area (TPSA) is 74.5 Å². The Bertz CT molecular complexity index is 782. The smallest absolute Gasteiger partial charge is 0.338 e. The van der Waals surface area contributed by atoms with Gasteiger partial charge in [0.1, 0.15) is 18.1 Å². The molecule has 23 heavy (non-hydrogen) atoms. The van der Waals surface area contributed by atoms with Crippen LogP contribution < -0.4 is 4.74 Å². The highest BCUT2D eigenvalue weighted by Gasteiger charge is 2.11. The fourth-order valence-electron chi connectivity index (χ4n) is 1.98. The first kappa shape index (κ1) is 14.8. The number of benzene rings is 1. The Morgan fingerprint density at radius 2 is 1.87 bits per heavy atom. The fourth-order valence-corrected chi connectivity index (χ4v) is 1.98. The summed E-state index contributed by atoms with van der Waals surface area (Å²) in [5.74, 6) is 0.934. The van der Waals surface area contributed by atoms with Crippen LogP contribution in [0, 0.1) is 0 Å². The van der Waals surface area contributed by atoms with Crippen molar-refractivity contribution in [3.05, 3.63) is 66.1 Å². The zero-order valence-electron chi connectivity index (χ0n) is 12.4. The summed E-state index contributed by atoms with van der Waals surface area (Å²) < 4.78 is 15.6. The molecule has 0 radical (unpaired) electrons. The molecule has 0 aliphatic carbocycles. The van der Waals surface area contributed by atoms with Gasteiger partial charge in [-0.2, -0.15) is 0 Å². The molecule has 3 aromatic rings. The van der Waals surface area contributed by atoms with Gasteiger partial charge in [-0.3, -0.25) is 4.98 Å². The molecule has 2 heterocycles. The maximum Gasteiger partial charge on any atom is 0.338 e. The van der Waals surface area contributed by atoms with Gasteiger partial charge in [-0.05, 0) is 36.4 Å². The Morgan fingerprint density at radius 1 is 1.13 bits per heavy atom. The van der Waals surface area contributed by atoms with E-state index in [9.17, 15) is 4.79 Å². The van der Waals surface area contributed by atoms with Crippen LogP contribution in [0.1, 0.15) is 16.1 Å². The third kappa shape index (κ3) is 3.55. The van der Waals surface area contributed by atoms with E-state index in [-0.39, 0.29) is 6.61 Å². The molecule has 3 rings (SSSR count). The number of carbonyl (C=O) groups excluding carboxylic acids is 1. The quantitative estimate of drug-likeness (QED) is 0.674. The molecule has 0 unspecified atom stereocenters. The van der Waals surface area contributed by atoms with Crippen molar-refractivity contribution in [2.45, 2.75) is 6.61 Å². The summed E-state index contributed by atoms with van der Waals surface area (Å²) in [6.07, 6.45) is 3.07. The minimum absolute atomic E-state index is 0.0425. The van der Waals surface area contributed by atoms with Crippen molar-refractivity contribution in [2.24, 2.45) is 0 Å². The molecule has 6 nitrogen and oxygen atoms in total. The number of hydrogen-bond donors (Lipinski definition) is 0. The van der Waals surface area contributed by atoms with Crippen LogP contribution in [0.4, 0.5) is 0 Å². The van der Waals surface area contributed by atoms with E-state index in [0.29, 0.717) is 17.0 Å². The lowest BCUT2D eigenvalue weighted by molar-refractivity contribution is 0.0464. The van der Waals surface area contributed by atoms with Gasteiger partial charge >= 0.3 is 5.97 Å². The molecule has 0 saturated carbocycles. The average molecular weight is 310 g/mol. The summed E-state index contributed by atoms with van der Waals surface area (Å²) in [5, 5.41) is 3.90. The van der Waals surface area contributed by atoms with Gasteiger partial charge in [0.15, 0.2) is 5.76 Å². The van der Waals surface area contributed by atoms with E-state index < -0.39 is 5.97 Å². The van der Waals surface area contributed by atoms with Crippen LogP contribution in [0.2, 0.25) is 0 Å². The number of carbonyl (C=O) groups is 1. The Balaban J connectivity index is 1.64. The van der Waals surface area contributed by atoms with Crippen LogP contribution in [-0.4, -0.2) is 23.2 Å². The Morgan fingerprint density at radius 3 is 2.57 bits per heavy atom. The molecule has 0 saturated heterocycles. The van der Waals surface area contributed by atoms with Crippen LogP contribution in [0.25, 0.3) is 11.3 Å². The second-order valence-electron chi connectivity index (χ2n) is 4.72. The van der Waals surface area contributed by atoms with E-state index in [1.165, 1.54) is 12.4 Å². The second kappa shape index (κ2) is 6.74. The lowest BCUT2D eigenvalue weighted by atomic mass is 10.1. The van der Waals surface area contributed by atoms with Crippen molar-refractivity contribution in [1.29, 1.82) is 0 Å². The van der Waals surface area contributed by atoms with Crippen LogP contribution in [0.15, 0.2) is 59.4 Å². The van der Waals surface area contributed by atoms with Crippen molar-refractivity contribution in [3.8, 4) is 17.1 Å². The van der Waals surface area contributed by atoms with E-state index >= 15 is 0 Å². The molecule has 0 aliphatic rings. The van der Waals surface area contributed by atoms with Crippen LogP contribution in [0.5, 0.6) is 5.75 Å². The summed E-state index contributed by atoms with van der Waals surface area (Å²) in [7, 11) is 1.61. The van der Waals surface area contributed by atoms with Gasteiger partial charge in [0, 0.05) is 24.0 Å². The molecule has 0 aliphatic heterocycles. The highest BCUT2D eigenvalue weighted by Crippen LogP contribution is 2.23. The molecule has 116 valence electrons. The van der Waals surface area contributed by atoms with Gasteiger partial charge in [0.25, 0.3) is 0 Å². The first-order chi connectivity index (χ1) is 11.3. The summed E-state index contributed by atoms with van der Waals surface area (Å²) >= 11 is 0. The monoisotopic (exact) mass is 310 g/mol. The third-order valence-corrected chi connectivity index (χ3v) is 3.20. The SMILES string of the molecule is COc1ccc(-c2cc(COC(=O)c3ccncc3)no2)cc1. The van der Waals surface area contributed by atoms with E-state index in [1.54, 1.807) is 25.3 Å².